The number of alkyl halides is 2. The van der Waals surface area contributed by atoms with Crippen molar-refractivity contribution in [2.75, 3.05) is 11.8 Å². The molecule has 0 aliphatic carbocycles. The van der Waals surface area contributed by atoms with E-state index >= 15 is 0 Å². The van der Waals surface area contributed by atoms with Crippen molar-refractivity contribution < 1.29 is 0 Å². The zero-order chi connectivity index (χ0) is 11.1. The van der Waals surface area contributed by atoms with Gasteiger partial charge in [0.25, 0.3) is 0 Å². The lowest BCUT2D eigenvalue weighted by molar-refractivity contribution is 0.379. The summed E-state index contributed by atoms with van der Waals surface area (Å²) in [6, 6.07) is 1.79. The summed E-state index contributed by atoms with van der Waals surface area (Å²) >= 11 is 11.8. The van der Waals surface area contributed by atoms with Gasteiger partial charge in [0, 0.05) is 29.7 Å². The Balaban J connectivity index is 2.54. The van der Waals surface area contributed by atoms with E-state index < -0.39 is 0 Å². The second-order valence-electron chi connectivity index (χ2n) is 3.42. The Bertz CT molecular complexity index is 267. The average molecular weight is 248 g/mol. The third-order valence-corrected chi connectivity index (χ3v) is 3.45. The summed E-state index contributed by atoms with van der Waals surface area (Å²) < 4.78 is 0. The molecular weight excluding hydrogens is 233 g/mol. The lowest BCUT2D eigenvalue weighted by atomic mass is 10.0. The number of hydrogen-bond donors (Lipinski definition) is 1. The van der Waals surface area contributed by atoms with Gasteiger partial charge >= 0.3 is 0 Å². The fourth-order valence-electron chi connectivity index (χ4n) is 1.13. The molecule has 0 aliphatic heterocycles. The first-order chi connectivity index (χ1) is 7.26. The largest absolute Gasteiger partial charge is 0.302 e. The molecule has 1 aromatic heterocycles. The number of rotatable bonds is 6. The highest BCUT2D eigenvalue weighted by Crippen LogP contribution is 2.15. The van der Waals surface area contributed by atoms with Gasteiger partial charge < -0.3 is 5.32 Å². The van der Waals surface area contributed by atoms with Crippen LogP contribution in [0.2, 0.25) is 0 Å². The Kier molecular flexibility index (Phi) is 5.29. The van der Waals surface area contributed by atoms with E-state index in [1.165, 1.54) is 0 Å². The Morgan fingerprint density at radius 2 is 1.87 bits per heavy atom. The topological polar surface area (TPSA) is 37.8 Å². The molecule has 1 heterocycles. The van der Waals surface area contributed by atoms with Gasteiger partial charge in [-0.3, -0.25) is 0 Å². The predicted octanol–water partition coefficient (Wildman–Crippen LogP) is 2.19. The molecular formula is C10H15Cl2N3. The maximum atomic E-state index is 5.90. The summed E-state index contributed by atoms with van der Waals surface area (Å²) in [5.74, 6) is 1.73. The van der Waals surface area contributed by atoms with E-state index in [4.69, 9.17) is 23.2 Å². The summed E-state index contributed by atoms with van der Waals surface area (Å²) in [7, 11) is 0. The van der Waals surface area contributed by atoms with Crippen molar-refractivity contribution >= 4 is 23.2 Å². The molecule has 84 valence electrons. The highest BCUT2D eigenvalue weighted by molar-refractivity contribution is 6.22. The van der Waals surface area contributed by atoms with E-state index in [9.17, 15) is 0 Å². The fourth-order valence-corrected chi connectivity index (χ4v) is 1.98. The molecule has 0 aromatic carbocycles. The number of hydrogen-bond acceptors (Lipinski definition) is 3. The molecule has 5 heteroatoms. The van der Waals surface area contributed by atoms with Crippen LogP contribution in [-0.4, -0.2) is 27.3 Å². The Labute approximate surface area is 100 Å². The maximum absolute atomic E-state index is 5.90. The molecule has 0 atom stereocenters. The first kappa shape index (κ1) is 12.7. The summed E-state index contributed by atoms with van der Waals surface area (Å²) in [6.07, 6.45) is 4.32. The fraction of sp³-hybridized carbons (Fsp3) is 0.600. The van der Waals surface area contributed by atoms with E-state index in [2.05, 4.69) is 22.2 Å². The van der Waals surface area contributed by atoms with Gasteiger partial charge in [0.15, 0.2) is 0 Å². The molecule has 0 saturated carbocycles. The van der Waals surface area contributed by atoms with Crippen molar-refractivity contribution in [2.45, 2.75) is 25.4 Å². The molecule has 3 nitrogen and oxygen atoms in total. The summed E-state index contributed by atoms with van der Waals surface area (Å²) in [5.41, 5.74) is -0.220. The SMILES string of the molecule is CCC(CCl)(CCl)NCc1ncccn1. The van der Waals surface area contributed by atoms with Crippen LogP contribution in [0.1, 0.15) is 19.2 Å². The molecule has 1 aromatic rings. The molecule has 0 saturated heterocycles. The first-order valence-electron chi connectivity index (χ1n) is 4.89. The Hall–Kier alpha value is -0.380. The Morgan fingerprint density at radius 1 is 1.27 bits per heavy atom. The van der Waals surface area contributed by atoms with E-state index in [1.54, 1.807) is 18.5 Å². The molecule has 1 rings (SSSR count). The van der Waals surface area contributed by atoms with Gasteiger partial charge in [-0.2, -0.15) is 0 Å². The number of halogens is 2. The molecule has 0 fully saturated rings. The molecule has 0 unspecified atom stereocenters. The van der Waals surface area contributed by atoms with E-state index in [0.717, 1.165) is 12.2 Å². The number of aromatic nitrogens is 2. The molecule has 1 N–H and O–H groups in total. The van der Waals surface area contributed by atoms with Crippen LogP contribution >= 0.6 is 23.2 Å². The van der Waals surface area contributed by atoms with Crippen molar-refractivity contribution in [2.24, 2.45) is 0 Å². The normalized spacial score (nSPS) is 11.7. The van der Waals surface area contributed by atoms with Crippen molar-refractivity contribution in [3.05, 3.63) is 24.3 Å². The highest BCUT2D eigenvalue weighted by atomic mass is 35.5. The van der Waals surface area contributed by atoms with Gasteiger partial charge in [0.2, 0.25) is 0 Å². The molecule has 0 bridgehead atoms. The highest BCUT2D eigenvalue weighted by Gasteiger charge is 2.25. The third-order valence-electron chi connectivity index (χ3n) is 2.43. The standard InChI is InChI=1S/C10H15Cl2N3/c1-2-10(7-11,8-12)15-6-9-13-4-3-5-14-9/h3-5,15H,2,6-8H2,1H3. The van der Waals surface area contributed by atoms with Gasteiger partial charge in [-0.15, -0.1) is 23.2 Å². The van der Waals surface area contributed by atoms with Crippen LogP contribution in [0.5, 0.6) is 0 Å². The summed E-state index contributed by atoms with van der Waals surface area (Å²) in [4.78, 5) is 8.25. The van der Waals surface area contributed by atoms with Crippen LogP contribution in [0.3, 0.4) is 0 Å². The van der Waals surface area contributed by atoms with Crippen LogP contribution in [0.4, 0.5) is 0 Å². The minimum Gasteiger partial charge on any atom is -0.302 e. The zero-order valence-corrected chi connectivity index (χ0v) is 10.2. The molecule has 0 amide bonds. The average Bonchev–Trinajstić information content (AvgIpc) is 2.33. The van der Waals surface area contributed by atoms with Gasteiger partial charge in [0.1, 0.15) is 5.82 Å². The quantitative estimate of drug-likeness (QED) is 0.784. The van der Waals surface area contributed by atoms with Crippen LogP contribution in [0.25, 0.3) is 0 Å². The van der Waals surface area contributed by atoms with Crippen LogP contribution < -0.4 is 5.32 Å². The smallest absolute Gasteiger partial charge is 0.141 e. The minimum atomic E-state index is -0.220. The van der Waals surface area contributed by atoms with Crippen molar-refractivity contribution in [3.63, 3.8) is 0 Å². The molecule has 0 spiro atoms. The summed E-state index contributed by atoms with van der Waals surface area (Å²) in [5, 5.41) is 3.31. The van der Waals surface area contributed by atoms with Crippen LogP contribution in [0.15, 0.2) is 18.5 Å². The molecule has 15 heavy (non-hydrogen) atoms. The monoisotopic (exact) mass is 247 g/mol. The van der Waals surface area contributed by atoms with Crippen molar-refractivity contribution in [3.8, 4) is 0 Å². The van der Waals surface area contributed by atoms with Gasteiger partial charge in [0.05, 0.1) is 6.54 Å². The Morgan fingerprint density at radius 3 is 2.33 bits per heavy atom. The number of nitrogens with zero attached hydrogens (tertiary/aromatic N) is 2. The number of nitrogens with one attached hydrogen (secondary N) is 1. The predicted molar refractivity (Wildman–Crippen MR) is 63.3 cm³/mol. The summed E-state index contributed by atoms with van der Waals surface area (Å²) in [6.45, 7) is 2.65. The van der Waals surface area contributed by atoms with Crippen molar-refractivity contribution in [1.82, 2.24) is 15.3 Å². The van der Waals surface area contributed by atoms with E-state index in [-0.39, 0.29) is 5.54 Å². The van der Waals surface area contributed by atoms with Gasteiger partial charge in [-0.1, -0.05) is 6.92 Å². The second kappa shape index (κ2) is 6.26. The second-order valence-corrected chi connectivity index (χ2v) is 3.95. The van der Waals surface area contributed by atoms with Gasteiger partial charge in [-0.05, 0) is 12.5 Å². The maximum Gasteiger partial charge on any atom is 0.141 e. The van der Waals surface area contributed by atoms with E-state index in [1.807, 2.05) is 0 Å². The van der Waals surface area contributed by atoms with Crippen LogP contribution in [-0.2, 0) is 6.54 Å². The first-order valence-corrected chi connectivity index (χ1v) is 5.96. The van der Waals surface area contributed by atoms with Crippen LogP contribution in [0, 0.1) is 0 Å². The molecule has 0 aliphatic rings. The third kappa shape index (κ3) is 3.59. The minimum absolute atomic E-state index is 0.220. The van der Waals surface area contributed by atoms with Gasteiger partial charge in [-0.25, -0.2) is 9.97 Å². The lowest BCUT2D eigenvalue weighted by Gasteiger charge is -2.29. The zero-order valence-electron chi connectivity index (χ0n) is 8.71. The lowest BCUT2D eigenvalue weighted by Crippen LogP contribution is -2.48. The van der Waals surface area contributed by atoms with Crippen molar-refractivity contribution in [1.29, 1.82) is 0 Å². The molecule has 0 radical (unpaired) electrons. The van der Waals surface area contributed by atoms with E-state index in [0.29, 0.717) is 18.3 Å².